The Balaban J connectivity index is 2.43. The van der Waals surface area contributed by atoms with Gasteiger partial charge in [0, 0.05) is 5.69 Å². The second-order valence-electron chi connectivity index (χ2n) is 5.64. The normalized spacial score (nSPS) is 11.5. The average Bonchev–Trinajstić information content (AvgIpc) is 2.45. The molecule has 0 aliphatic carbocycles. The summed E-state index contributed by atoms with van der Waals surface area (Å²) in [5.41, 5.74) is 1.95. The van der Waals surface area contributed by atoms with Gasteiger partial charge in [0.15, 0.2) is 0 Å². The van der Waals surface area contributed by atoms with Crippen molar-refractivity contribution < 1.29 is 8.42 Å². The summed E-state index contributed by atoms with van der Waals surface area (Å²) in [4.78, 5) is 0. The number of unbranched alkanes of at least 4 members (excludes halogenated alkanes) is 5. The Morgan fingerprint density at radius 1 is 0.857 bits per heavy atom. The fraction of sp³-hybridized carbons (Fsp3) is 0.647. The second-order valence-corrected chi connectivity index (χ2v) is 7.48. The molecule has 0 saturated heterocycles. The van der Waals surface area contributed by atoms with Crippen LogP contribution in [0.4, 0.5) is 5.69 Å². The van der Waals surface area contributed by atoms with Crippen LogP contribution in [0, 0.1) is 0 Å². The zero-order chi connectivity index (χ0) is 15.6. The predicted octanol–water partition coefficient (Wildman–Crippen LogP) is 4.74. The van der Waals surface area contributed by atoms with Gasteiger partial charge < -0.3 is 0 Å². The summed E-state index contributed by atoms with van der Waals surface area (Å²) in [6.07, 6.45) is 8.79. The van der Waals surface area contributed by atoms with Crippen LogP contribution >= 0.6 is 0 Å². The first-order valence-electron chi connectivity index (χ1n) is 8.17. The van der Waals surface area contributed by atoms with Crippen molar-refractivity contribution in [1.29, 1.82) is 0 Å². The largest absolute Gasteiger partial charge is 0.284 e. The second kappa shape index (κ2) is 9.82. The lowest BCUT2D eigenvalue weighted by Gasteiger charge is -2.08. The van der Waals surface area contributed by atoms with Gasteiger partial charge in [0.05, 0.1) is 5.75 Å². The van der Waals surface area contributed by atoms with Crippen LogP contribution in [0.3, 0.4) is 0 Å². The molecule has 0 radical (unpaired) electrons. The minimum atomic E-state index is -3.19. The van der Waals surface area contributed by atoms with Crippen LogP contribution in [0.5, 0.6) is 0 Å². The molecule has 0 bridgehead atoms. The van der Waals surface area contributed by atoms with Crippen molar-refractivity contribution >= 4 is 15.7 Å². The maximum absolute atomic E-state index is 11.9. The molecule has 4 heteroatoms. The zero-order valence-electron chi connectivity index (χ0n) is 13.4. The number of benzene rings is 1. The molecule has 1 aromatic rings. The van der Waals surface area contributed by atoms with Gasteiger partial charge in [-0.25, -0.2) is 8.42 Å². The van der Waals surface area contributed by atoms with Crippen LogP contribution in [-0.2, 0) is 16.4 Å². The van der Waals surface area contributed by atoms with Crippen LogP contribution in [0.2, 0.25) is 0 Å². The first kappa shape index (κ1) is 18.0. The van der Waals surface area contributed by atoms with Crippen LogP contribution in [0.15, 0.2) is 24.3 Å². The Morgan fingerprint density at radius 2 is 1.48 bits per heavy atom. The Kier molecular flexibility index (Phi) is 8.43. The van der Waals surface area contributed by atoms with E-state index in [2.05, 4.69) is 18.6 Å². The smallest absolute Gasteiger partial charge is 0.232 e. The summed E-state index contributed by atoms with van der Waals surface area (Å²) in [6, 6.07) is 7.78. The highest BCUT2D eigenvalue weighted by Crippen LogP contribution is 2.14. The minimum Gasteiger partial charge on any atom is -0.284 e. The van der Waals surface area contributed by atoms with E-state index in [1.165, 1.54) is 31.2 Å². The molecule has 120 valence electrons. The van der Waals surface area contributed by atoms with E-state index in [4.69, 9.17) is 0 Å². The molecular weight excluding hydrogens is 282 g/mol. The average molecular weight is 311 g/mol. The number of sulfonamides is 1. The van der Waals surface area contributed by atoms with Gasteiger partial charge in [0.25, 0.3) is 0 Å². The van der Waals surface area contributed by atoms with E-state index >= 15 is 0 Å². The van der Waals surface area contributed by atoms with E-state index in [0.29, 0.717) is 5.69 Å². The van der Waals surface area contributed by atoms with Crippen LogP contribution in [0.25, 0.3) is 0 Å². The number of hydrogen-bond donors (Lipinski definition) is 1. The quantitative estimate of drug-likeness (QED) is 0.600. The monoisotopic (exact) mass is 311 g/mol. The molecule has 3 nitrogen and oxygen atoms in total. The van der Waals surface area contributed by atoms with Crippen molar-refractivity contribution in [2.75, 3.05) is 10.5 Å². The van der Waals surface area contributed by atoms with Gasteiger partial charge in [-0.3, -0.25) is 4.72 Å². The molecule has 0 aliphatic heterocycles. The van der Waals surface area contributed by atoms with Crippen molar-refractivity contribution in [2.45, 2.75) is 65.2 Å². The van der Waals surface area contributed by atoms with E-state index < -0.39 is 10.0 Å². The molecule has 0 heterocycles. The number of aryl methyl sites for hydroxylation is 1. The number of nitrogens with one attached hydrogen (secondary N) is 1. The molecule has 0 fully saturated rings. The van der Waals surface area contributed by atoms with E-state index in [1.807, 2.05) is 24.3 Å². The van der Waals surface area contributed by atoms with Crippen molar-refractivity contribution in [3.05, 3.63) is 29.8 Å². The SMILES string of the molecule is CCCCCCc1ccc(NS(=O)(=O)CCCCC)cc1. The number of anilines is 1. The highest BCUT2D eigenvalue weighted by molar-refractivity contribution is 7.92. The van der Waals surface area contributed by atoms with E-state index in [0.717, 1.165) is 25.7 Å². The van der Waals surface area contributed by atoms with E-state index in [-0.39, 0.29) is 5.75 Å². The molecule has 0 aliphatic rings. The Morgan fingerprint density at radius 3 is 2.10 bits per heavy atom. The molecule has 1 rings (SSSR count). The molecule has 21 heavy (non-hydrogen) atoms. The Hall–Kier alpha value is -1.03. The van der Waals surface area contributed by atoms with Crippen LogP contribution in [0.1, 0.15) is 64.4 Å². The Labute approximate surface area is 130 Å². The van der Waals surface area contributed by atoms with Gasteiger partial charge >= 0.3 is 0 Å². The van der Waals surface area contributed by atoms with Crippen molar-refractivity contribution in [3.8, 4) is 0 Å². The van der Waals surface area contributed by atoms with Gasteiger partial charge in [-0.15, -0.1) is 0 Å². The fourth-order valence-corrected chi connectivity index (χ4v) is 3.45. The maximum Gasteiger partial charge on any atom is 0.232 e. The minimum absolute atomic E-state index is 0.208. The summed E-state index contributed by atoms with van der Waals surface area (Å²) in [5.74, 6) is 0.208. The lowest BCUT2D eigenvalue weighted by molar-refractivity contribution is 0.596. The summed E-state index contributed by atoms with van der Waals surface area (Å²) in [7, 11) is -3.19. The standard InChI is InChI=1S/C17H29NO2S/c1-3-5-7-8-10-16-11-13-17(14-12-16)18-21(19,20)15-9-6-4-2/h11-14,18H,3-10,15H2,1-2H3. The molecule has 0 unspecified atom stereocenters. The van der Waals surface area contributed by atoms with Gasteiger partial charge in [-0.1, -0.05) is 58.1 Å². The number of hydrogen-bond acceptors (Lipinski definition) is 2. The van der Waals surface area contributed by atoms with Gasteiger partial charge in [0.2, 0.25) is 10.0 Å². The molecule has 0 saturated carbocycles. The van der Waals surface area contributed by atoms with Crippen molar-refractivity contribution in [2.24, 2.45) is 0 Å². The topological polar surface area (TPSA) is 46.2 Å². The lowest BCUT2D eigenvalue weighted by Crippen LogP contribution is -2.16. The predicted molar refractivity (Wildman–Crippen MR) is 91.2 cm³/mol. The first-order valence-corrected chi connectivity index (χ1v) is 9.82. The zero-order valence-corrected chi connectivity index (χ0v) is 14.2. The van der Waals surface area contributed by atoms with E-state index in [1.54, 1.807) is 0 Å². The molecule has 0 amide bonds. The summed E-state index contributed by atoms with van der Waals surface area (Å²) in [6.45, 7) is 4.28. The van der Waals surface area contributed by atoms with Crippen molar-refractivity contribution in [3.63, 3.8) is 0 Å². The Bertz CT molecular complexity index is 480. The van der Waals surface area contributed by atoms with Gasteiger partial charge in [0.1, 0.15) is 0 Å². The summed E-state index contributed by atoms with van der Waals surface area (Å²) < 4.78 is 26.4. The lowest BCUT2D eigenvalue weighted by atomic mass is 10.1. The summed E-state index contributed by atoms with van der Waals surface area (Å²) in [5, 5.41) is 0. The third-order valence-corrected chi connectivity index (χ3v) is 4.94. The van der Waals surface area contributed by atoms with Crippen LogP contribution in [-0.4, -0.2) is 14.2 Å². The third kappa shape index (κ3) is 8.10. The maximum atomic E-state index is 11.9. The first-order chi connectivity index (χ1) is 10.1. The van der Waals surface area contributed by atoms with E-state index in [9.17, 15) is 8.42 Å². The fourth-order valence-electron chi connectivity index (χ4n) is 2.27. The molecule has 0 aromatic heterocycles. The molecule has 0 atom stereocenters. The van der Waals surface area contributed by atoms with Crippen molar-refractivity contribution in [1.82, 2.24) is 0 Å². The molecule has 1 N–H and O–H groups in total. The van der Waals surface area contributed by atoms with Gasteiger partial charge in [-0.05, 0) is 37.0 Å². The van der Waals surface area contributed by atoms with Gasteiger partial charge in [-0.2, -0.15) is 0 Å². The molecule has 0 spiro atoms. The molecule has 1 aromatic carbocycles. The highest BCUT2D eigenvalue weighted by Gasteiger charge is 2.09. The molecular formula is C17H29NO2S. The highest BCUT2D eigenvalue weighted by atomic mass is 32.2. The van der Waals surface area contributed by atoms with Crippen LogP contribution < -0.4 is 4.72 Å². The number of rotatable bonds is 11. The third-order valence-electron chi connectivity index (χ3n) is 3.56. The summed E-state index contributed by atoms with van der Waals surface area (Å²) >= 11 is 0.